The van der Waals surface area contributed by atoms with Gasteiger partial charge >= 0.3 is 0 Å². The molecular weight excluding hydrogens is 454 g/mol. The highest BCUT2D eigenvalue weighted by Gasteiger charge is 2.24. The van der Waals surface area contributed by atoms with Gasteiger partial charge in [0.05, 0.1) is 11.7 Å². The molecule has 0 saturated heterocycles. The molecule has 1 aliphatic carbocycles. The van der Waals surface area contributed by atoms with E-state index in [9.17, 15) is 0 Å². The van der Waals surface area contributed by atoms with Crippen molar-refractivity contribution in [2.24, 2.45) is 10.7 Å². The number of nitrogens with one attached hydrogen (secondary N) is 1. The molecule has 6 nitrogen and oxygen atoms in total. The van der Waals surface area contributed by atoms with Gasteiger partial charge in [0.2, 0.25) is 0 Å². The van der Waals surface area contributed by atoms with Gasteiger partial charge in [-0.05, 0) is 76.4 Å². The molecule has 0 spiro atoms. The van der Waals surface area contributed by atoms with E-state index in [0.717, 1.165) is 59.4 Å². The molecule has 3 N–H and O–H groups in total. The number of benzene rings is 2. The predicted octanol–water partition coefficient (Wildman–Crippen LogP) is 6.60. The van der Waals surface area contributed by atoms with Gasteiger partial charge in [-0.1, -0.05) is 43.7 Å². The fourth-order valence-electron chi connectivity index (χ4n) is 4.89. The third-order valence-electron chi connectivity index (χ3n) is 6.77. The summed E-state index contributed by atoms with van der Waals surface area (Å²) >= 11 is 1.52. The lowest BCUT2D eigenvalue weighted by molar-refractivity contribution is 0.165. The molecule has 3 aromatic rings. The molecule has 1 aliphatic rings. The number of rotatable bonds is 8. The lowest BCUT2D eigenvalue weighted by atomic mass is 9.90. The van der Waals surface area contributed by atoms with Crippen molar-refractivity contribution in [3.8, 4) is 22.8 Å². The maximum atomic E-state index is 6.27. The number of hydrogen-bond donors (Lipinski definition) is 2. The quantitative estimate of drug-likeness (QED) is 0.274. The molecule has 0 unspecified atom stereocenters. The van der Waals surface area contributed by atoms with Gasteiger partial charge in [0, 0.05) is 17.0 Å². The Morgan fingerprint density at radius 3 is 2.54 bits per heavy atom. The third kappa shape index (κ3) is 6.41. The fourth-order valence-corrected chi connectivity index (χ4v) is 5.60. The Morgan fingerprint density at radius 2 is 1.83 bits per heavy atom. The second-order valence-electron chi connectivity index (χ2n) is 9.23. The number of nitrogens with two attached hydrogens (primary N) is 1. The molecule has 1 saturated carbocycles. The first kappa shape index (κ1) is 25.2. The van der Waals surface area contributed by atoms with E-state index in [0.29, 0.717) is 12.0 Å². The van der Waals surface area contributed by atoms with E-state index in [-0.39, 0.29) is 6.04 Å². The SMILES string of the molecule is CCN(CC)C1CCC(N=C(N)Nc2nc(-c3ccccc3Oc3ccc(C)cc3C)cs2)CC1. The van der Waals surface area contributed by atoms with E-state index in [2.05, 4.69) is 50.0 Å². The van der Waals surface area contributed by atoms with E-state index in [1.165, 1.54) is 29.7 Å². The largest absolute Gasteiger partial charge is 0.456 e. The van der Waals surface area contributed by atoms with Crippen molar-refractivity contribution >= 4 is 22.4 Å². The van der Waals surface area contributed by atoms with Crippen molar-refractivity contribution in [1.82, 2.24) is 9.88 Å². The number of nitrogens with zero attached hydrogens (tertiary/aromatic N) is 3. The van der Waals surface area contributed by atoms with Crippen LogP contribution in [0.4, 0.5) is 5.13 Å². The van der Waals surface area contributed by atoms with Gasteiger partial charge in [-0.15, -0.1) is 11.3 Å². The molecule has 1 heterocycles. The van der Waals surface area contributed by atoms with Crippen LogP contribution in [0.3, 0.4) is 0 Å². The predicted molar refractivity (Wildman–Crippen MR) is 148 cm³/mol. The lowest BCUT2D eigenvalue weighted by Crippen LogP contribution is -2.39. The van der Waals surface area contributed by atoms with E-state index < -0.39 is 0 Å². The van der Waals surface area contributed by atoms with Crippen LogP contribution < -0.4 is 15.8 Å². The van der Waals surface area contributed by atoms with Crippen molar-refractivity contribution in [1.29, 1.82) is 0 Å². The minimum atomic E-state index is 0.278. The number of ether oxygens (including phenoxy) is 1. The van der Waals surface area contributed by atoms with Crippen LogP contribution in [0.2, 0.25) is 0 Å². The maximum absolute atomic E-state index is 6.27. The average molecular weight is 492 g/mol. The first-order chi connectivity index (χ1) is 17.0. The molecule has 0 aliphatic heterocycles. The van der Waals surface area contributed by atoms with E-state index >= 15 is 0 Å². The first-order valence-corrected chi connectivity index (χ1v) is 13.5. The summed E-state index contributed by atoms with van der Waals surface area (Å²) in [6.07, 6.45) is 4.52. The summed E-state index contributed by atoms with van der Waals surface area (Å²) in [6.45, 7) is 10.9. The molecule has 35 heavy (non-hydrogen) atoms. The number of guanidine groups is 1. The van der Waals surface area contributed by atoms with Crippen LogP contribution in [-0.4, -0.2) is 41.0 Å². The number of thiazole rings is 1. The molecule has 186 valence electrons. The minimum Gasteiger partial charge on any atom is -0.456 e. The number of aromatic nitrogens is 1. The Kier molecular flexibility index (Phi) is 8.42. The molecule has 7 heteroatoms. The zero-order valence-corrected chi connectivity index (χ0v) is 22.1. The van der Waals surface area contributed by atoms with E-state index in [1.807, 2.05) is 35.7 Å². The van der Waals surface area contributed by atoms with Crippen molar-refractivity contribution < 1.29 is 4.74 Å². The summed E-state index contributed by atoms with van der Waals surface area (Å²) in [5, 5.41) is 5.96. The maximum Gasteiger partial charge on any atom is 0.195 e. The number of aliphatic imine (C=N–C) groups is 1. The van der Waals surface area contributed by atoms with Gasteiger partial charge in [-0.25, -0.2) is 9.98 Å². The zero-order valence-electron chi connectivity index (χ0n) is 21.3. The normalized spacial score (nSPS) is 18.6. The standard InChI is InChI=1S/C28H37N5OS/c1-5-33(6-2)22-14-12-21(13-15-22)30-27(29)32-28-31-24(18-35-28)23-9-7-8-10-26(23)34-25-16-11-19(3)17-20(25)4/h7-11,16-18,21-22H,5-6,12-15H2,1-4H3,(H3,29,30,31,32). The van der Waals surface area contributed by atoms with Crippen LogP contribution in [0.1, 0.15) is 50.7 Å². The van der Waals surface area contributed by atoms with Gasteiger partial charge in [-0.3, -0.25) is 0 Å². The Morgan fingerprint density at radius 1 is 1.09 bits per heavy atom. The number of para-hydroxylation sites is 1. The number of anilines is 1. The summed E-state index contributed by atoms with van der Waals surface area (Å²) < 4.78 is 6.27. The van der Waals surface area contributed by atoms with Gasteiger partial charge in [0.15, 0.2) is 11.1 Å². The second kappa shape index (κ2) is 11.7. The topological polar surface area (TPSA) is 75.8 Å². The van der Waals surface area contributed by atoms with Gasteiger partial charge in [0.25, 0.3) is 0 Å². The number of hydrogen-bond acceptors (Lipinski definition) is 5. The molecule has 4 rings (SSSR count). The van der Waals surface area contributed by atoms with E-state index in [4.69, 9.17) is 20.4 Å². The monoisotopic (exact) mass is 491 g/mol. The van der Waals surface area contributed by atoms with Crippen molar-refractivity contribution in [3.05, 3.63) is 59.0 Å². The Hall–Kier alpha value is -2.90. The molecule has 0 bridgehead atoms. The Labute approximate surface area is 213 Å². The Bertz CT molecular complexity index is 1150. The van der Waals surface area contributed by atoms with Gasteiger partial charge < -0.3 is 20.7 Å². The van der Waals surface area contributed by atoms with Crippen molar-refractivity contribution in [2.75, 3.05) is 18.4 Å². The number of aryl methyl sites for hydroxylation is 2. The highest BCUT2D eigenvalue weighted by molar-refractivity contribution is 7.14. The summed E-state index contributed by atoms with van der Waals surface area (Å²) in [4.78, 5) is 12.1. The fraction of sp³-hybridized carbons (Fsp3) is 0.429. The van der Waals surface area contributed by atoms with Gasteiger partial charge in [-0.2, -0.15) is 0 Å². The minimum absolute atomic E-state index is 0.278. The molecule has 0 radical (unpaired) electrons. The van der Waals surface area contributed by atoms with Gasteiger partial charge in [0.1, 0.15) is 11.5 Å². The van der Waals surface area contributed by atoms with Crippen LogP contribution in [0.5, 0.6) is 11.5 Å². The molecule has 0 amide bonds. The highest BCUT2D eigenvalue weighted by atomic mass is 32.1. The Balaban J connectivity index is 1.41. The second-order valence-corrected chi connectivity index (χ2v) is 10.1. The average Bonchev–Trinajstić information content (AvgIpc) is 3.31. The zero-order chi connectivity index (χ0) is 24.8. The molecular formula is C28H37N5OS. The van der Waals surface area contributed by atoms with Crippen LogP contribution >= 0.6 is 11.3 Å². The van der Waals surface area contributed by atoms with Crippen molar-refractivity contribution in [3.63, 3.8) is 0 Å². The van der Waals surface area contributed by atoms with Crippen LogP contribution in [0.15, 0.2) is 52.8 Å². The van der Waals surface area contributed by atoms with Crippen LogP contribution in [0, 0.1) is 13.8 Å². The smallest absolute Gasteiger partial charge is 0.195 e. The highest BCUT2D eigenvalue weighted by Crippen LogP contribution is 2.36. The summed E-state index contributed by atoms with van der Waals surface area (Å²) in [5.74, 6) is 2.07. The first-order valence-electron chi connectivity index (χ1n) is 12.6. The molecule has 2 aromatic carbocycles. The van der Waals surface area contributed by atoms with E-state index in [1.54, 1.807) is 0 Å². The third-order valence-corrected chi connectivity index (χ3v) is 7.53. The molecule has 1 fully saturated rings. The summed E-state index contributed by atoms with van der Waals surface area (Å²) in [7, 11) is 0. The summed E-state index contributed by atoms with van der Waals surface area (Å²) in [6, 6.07) is 15.2. The van der Waals surface area contributed by atoms with Crippen LogP contribution in [0.25, 0.3) is 11.3 Å². The lowest BCUT2D eigenvalue weighted by Gasteiger charge is -2.34. The van der Waals surface area contributed by atoms with Crippen LogP contribution in [-0.2, 0) is 0 Å². The summed E-state index contributed by atoms with van der Waals surface area (Å²) in [5.41, 5.74) is 10.4. The molecule has 0 atom stereocenters. The van der Waals surface area contributed by atoms with Crippen molar-refractivity contribution in [2.45, 2.75) is 65.5 Å². The molecule has 1 aromatic heterocycles.